The lowest BCUT2D eigenvalue weighted by Crippen LogP contribution is -2.37. The highest BCUT2D eigenvalue weighted by Crippen LogP contribution is 2.31. The van der Waals surface area contributed by atoms with Crippen molar-refractivity contribution in [3.63, 3.8) is 0 Å². The summed E-state index contributed by atoms with van der Waals surface area (Å²) in [4.78, 5) is 38.2. The van der Waals surface area contributed by atoms with Crippen molar-refractivity contribution in [2.75, 3.05) is 13.1 Å². The summed E-state index contributed by atoms with van der Waals surface area (Å²) in [6.07, 6.45) is 1.70. The van der Waals surface area contributed by atoms with E-state index in [0.717, 1.165) is 25.8 Å². The molecule has 0 bridgehead atoms. The number of nitrogens with zero attached hydrogens (tertiary/aromatic N) is 1. The third-order valence-corrected chi connectivity index (χ3v) is 5.26. The first-order chi connectivity index (χ1) is 12.5. The van der Waals surface area contributed by atoms with E-state index >= 15 is 0 Å². The molecule has 5 nitrogen and oxygen atoms in total. The number of thioether (sulfide) groups is 1. The summed E-state index contributed by atoms with van der Waals surface area (Å²) in [7, 11) is 0. The number of imide groups is 1. The van der Waals surface area contributed by atoms with E-state index in [1.54, 1.807) is 18.2 Å². The highest BCUT2D eigenvalue weighted by molar-refractivity contribution is 14.1. The number of nitrogens with one attached hydrogen (secondary N) is 1. The second-order valence-corrected chi connectivity index (χ2v) is 7.75. The van der Waals surface area contributed by atoms with Gasteiger partial charge in [0.15, 0.2) is 0 Å². The van der Waals surface area contributed by atoms with Crippen LogP contribution in [0.1, 0.15) is 15.9 Å². The van der Waals surface area contributed by atoms with E-state index in [-0.39, 0.29) is 30.1 Å². The van der Waals surface area contributed by atoms with Crippen molar-refractivity contribution < 1.29 is 14.4 Å². The fraction of sp³-hybridized carbons (Fsp3) is 0.105. The molecule has 3 amide bonds. The largest absolute Gasteiger partial charge is 0.350 e. The second-order valence-electron chi connectivity index (χ2n) is 5.51. The van der Waals surface area contributed by atoms with Crippen LogP contribution in [0.25, 0.3) is 6.08 Å². The van der Waals surface area contributed by atoms with Gasteiger partial charge in [-0.15, -0.1) is 0 Å². The fourth-order valence-corrected chi connectivity index (χ4v) is 3.81. The molecule has 0 saturated carbocycles. The molecule has 1 fully saturated rings. The molecule has 0 radical (unpaired) electrons. The molecule has 0 aliphatic carbocycles. The van der Waals surface area contributed by atoms with Gasteiger partial charge in [-0.3, -0.25) is 19.3 Å². The Hall–Kier alpha value is -2.13. The Labute approximate surface area is 169 Å². The zero-order chi connectivity index (χ0) is 18.5. The van der Waals surface area contributed by atoms with Crippen LogP contribution >= 0.6 is 34.4 Å². The first kappa shape index (κ1) is 18.7. The van der Waals surface area contributed by atoms with Gasteiger partial charge in [-0.1, -0.05) is 36.4 Å². The molecule has 0 aromatic heterocycles. The van der Waals surface area contributed by atoms with Crippen molar-refractivity contribution in [1.29, 1.82) is 0 Å². The van der Waals surface area contributed by atoms with E-state index in [1.807, 2.05) is 42.5 Å². The third kappa shape index (κ3) is 4.53. The predicted molar refractivity (Wildman–Crippen MR) is 111 cm³/mol. The summed E-state index contributed by atoms with van der Waals surface area (Å²) in [5.74, 6) is -0.553. The van der Waals surface area contributed by atoms with Crippen molar-refractivity contribution in [1.82, 2.24) is 10.2 Å². The molecule has 1 N–H and O–H groups in total. The summed E-state index contributed by atoms with van der Waals surface area (Å²) in [6, 6.07) is 16.6. The molecule has 1 aliphatic rings. The number of benzene rings is 2. The summed E-state index contributed by atoms with van der Waals surface area (Å²) in [5, 5.41) is 2.42. The van der Waals surface area contributed by atoms with Crippen molar-refractivity contribution in [3.8, 4) is 0 Å². The fourth-order valence-electron chi connectivity index (χ4n) is 2.41. The van der Waals surface area contributed by atoms with Gasteiger partial charge >= 0.3 is 0 Å². The maximum atomic E-state index is 12.4. The number of carbonyl (C=O) groups excluding carboxylic acids is 3. The quantitative estimate of drug-likeness (QED) is 0.525. The number of carbonyl (C=O) groups is 3. The van der Waals surface area contributed by atoms with Gasteiger partial charge < -0.3 is 5.32 Å². The van der Waals surface area contributed by atoms with Crippen LogP contribution in [-0.4, -0.2) is 35.0 Å². The van der Waals surface area contributed by atoms with Crippen molar-refractivity contribution >= 4 is 57.5 Å². The normalized spacial score (nSPS) is 15.6. The molecular formula is C19H15IN2O3S. The zero-order valence-corrected chi connectivity index (χ0v) is 16.6. The van der Waals surface area contributed by atoms with Gasteiger partial charge in [0.25, 0.3) is 17.1 Å². The van der Waals surface area contributed by atoms with Crippen LogP contribution in [0.2, 0.25) is 0 Å². The molecule has 0 atom stereocenters. The Morgan fingerprint density at radius 1 is 1.12 bits per heavy atom. The molecule has 0 unspecified atom stereocenters. The highest BCUT2D eigenvalue weighted by atomic mass is 127. The average molecular weight is 478 g/mol. The average Bonchev–Trinajstić information content (AvgIpc) is 2.90. The second kappa shape index (κ2) is 8.50. The number of halogens is 1. The third-order valence-electron chi connectivity index (χ3n) is 3.68. The molecule has 1 aliphatic heterocycles. The maximum absolute atomic E-state index is 12.4. The molecule has 2 aromatic carbocycles. The van der Waals surface area contributed by atoms with E-state index in [1.165, 1.54) is 0 Å². The lowest BCUT2D eigenvalue weighted by Gasteiger charge is -2.13. The lowest BCUT2D eigenvalue weighted by molar-refractivity contribution is -0.122. The van der Waals surface area contributed by atoms with Crippen LogP contribution in [0.5, 0.6) is 0 Å². The van der Waals surface area contributed by atoms with Gasteiger partial charge in [0.05, 0.1) is 4.91 Å². The minimum Gasteiger partial charge on any atom is -0.350 e. The SMILES string of the molecule is O=C(NCCN1C(=O)S/C(=C/c2ccccc2)C1=O)c1cccc(I)c1. The number of rotatable bonds is 5. The van der Waals surface area contributed by atoms with Gasteiger partial charge in [0.1, 0.15) is 0 Å². The molecule has 0 spiro atoms. The smallest absolute Gasteiger partial charge is 0.293 e. The van der Waals surface area contributed by atoms with Crippen LogP contribution in [0.15, 0.2) is 59.5 Å². The predicted octanol–water partition coefficient (Wildman–Crippen LogP) is 3.76. The van der Waals surface area contributed by atoms with Gasteiger partial charge in [-0.25, -0.2) is 0 Å². The lowest BCUT2D eigenvalue weighted by atomic mass is 10.2. The molecule has 3 rings (SSSR count). The van der Waals surface area contributed by atoms with Gasteiger partial charge in [0.2, 0.25) is 0 Å². The van der Waals surface area contributed by atoms with E-state index in [9.17, 15) is 14.4 Å². The van der Waals surface area contributed by atoms with Crippen LogP contribution in [0.3, 0.4) is 0 Å². The molecule has 2 aromatic rings. The molecular weight excluding hydrogens is 463 g/mol. The van der Waals surface area contributed by atoms with Crippen molar-refractivity contribution in [2.45, 2.75) is 0 Å². The van der Waals surface area contributed by atoms with Crippen LogP contribution in [0.4, 0.5) is 4.79 Å². The van der Waals surface area contributed by atoms with Crippen molar-refractivity contribution in [3.05, 3.63) is 74.2 Å². The Morgan fingerprint density at radius 3 is 2.62 bits per heavy atom. The van der Waals surface area contributed by atoms with Crippen LogP contribution in [0, 0.1) is 3.57 Å². The van der Waals surface area contributed by atoms with Crippen LogP contribution in [-0.2, 0) is 4.79 Å². The molecule has 1 saturated heterocycles. The van der Waals surface area contributed by atoms with Crippen LogP contribution < -0.4 is 5.32 Å². The minimum atomic E-state index is -0.327. The number of hydrogen-bond donors (Lipinski definition) is 1. The topological polar surface area (TPSA) is 66.5 Å². The summed E-state index contributed by atoms with van der Waals surface area (Å²) in [6.45, 7) is 0.355. The molecule has 132 valence electrons. The van der Waals surface area contributed by atoms with Gasteiger partial charge in [-0.2, -0.15) is 0 Å². The summed E-state index contributed by atoms with van der Waals surface area (Å²) in [5.41, 5.74) is 1.42. The maximum Gasteiger partial charge on any atom is 0.293 e. The monoisotopic (exact) mass is 478 g/mol. The Bertz CT molecular complexity index is 883. The Balaban J connectivity index is 1.58. The first-order valence-electron chi connectivity index (χ1n) is 7.89. The molecule has 7 heteroatoms. The molecule has 1 heterocycles. The Morgan fingerprint density at radius 2 is 1.88 bits per heavy atom. The van der Waals surface area contributed by atoms with E-state index in [0.29, 0.717) is 10.5 Å². The highest BCUT2D eigenvalue weighted by Gasteiger charge is 2.34. The van der Waals surface area contributed by atoms with E-state index in [4.69, 9.17) is 0 Å². The number of hydrogen-bond acceptors (Lipinski definition) is 4. The van der Waals surface area contributed by atoms with E-state index in [2.05, 4.69) is 27.9 Å². The first-order valence-corrected chi connectivity index (χ1v) is 9.78. The van der Waals surface area contributed by atoms with E-state index < -0.39 is 0 Å². The zero-order valence-electron chi connectivity index (χ0n) is 13.6. The Kier molecular flexibility index (Phi) is 6.10. The van der Waals surface area contributed by atoms with Gasteiger partial charge in [-0.05, 0) is 64.2 Å². The van der Waals surface area contributed by atoms with Crippen molar-refractivity contribution in [2.24, 2.45) is 0 Å². The molecule has 26 heavy (non-hydrogen) atoms. The minimum absolute atomic E-state index is 0.145. The number of amides is 3. The van der Waals surface area contributed by atoms with Gasteiger partial charge in [0, 0.05) is 22.2 Å². The summed E-state index contributed by atoms with van der Waals surface area (Å²) < 4.78 is 0.965. The summed E-state index contributed by atoms with van der Waals surface area (Å²) >= 11 is 3.06. The standard InChI is InChI=1S/C19H15IN2O3S/c20-15-8-4-7-14(12-15)17(23)21-9-10-22-18(24)16(26-19(22)25)11-13-5-2-1-3-6-13/h1-8,11-12H,9-10H2,(H,21,23)/b16-11+.